The fourth-order valence-corrected chi connectivity index (χ4v) is 3.03. The standard InChI is InChI=1S/C15H8ClN3OS/c16-11-5-2-6-12-13(11)18-15(21-12)19-14(20)10-4-1-3-9(7-10)8-17/h1-7H,(H,18,19,20). The number of rotatable bonds is 2. The number of aromatic nitrogens is 1. The Labute approximate surface area is 129 Å². The Balaban J connectivity index is 1.89. The van der Waals surface area contributed by atoms with Gasteiger partial charge in [-0.3, -0.25) is 10.1 Å². The number of nitriles is 1. The maximum absolute atomic E-state index is 12.2. The first-order valence-corrected chi connectivity index (χ1v) is 7.23. The van der Waals surface area contributed by atoms with Crippen molar-refractivity contribution < 1.29 is 4.79 Å². The number of thiazole rings is 1. The molecule has 0 radical (unpaired) electrons. The molecule has 0 spiro atoms. The van der Waals surface area contributed by atoms with Crippen molar-refractivity contribution in [3.05, 3.63) is 58.6 Å². The zero-order valence-corrected chi connectivity index (χ0v) is 12.2. The number of amides is 1. The van der Waals surface area contributed by atoms with Crippen LogP contribution in [0, 0.1) is 11.3 Å². The number of hydrogen-bond donors (Lipinski definition) is 1. The second kappa shape index (κ2) is 5.52. The normalized spacial score (nSPS) is 10.3. The third-order valence-corrected chi connectivity index (χ3v) is 4.09. The van der Waals surface area contributed by atoms with Crippen LogP contribution >= 0.6 is 22.9 Å². The number of anilines is 1. The minimum absolute atomic E-state index is 0.303. The van der Waals surface area contributed by atoms with Crippen LogP contribution in [0.5, 0.6) is 0 Å². The highest BCUT2D eigenvalue weighted by Gasteiger charge is 2.11. The lowest BCUT2D eigenvalue weighted by atomic mass is 10.1. The lowest BCUT2D eigenvalue weighted by Crippen LogP contribution is -2.11. The Hall–Kier alpha value is -2.42. The Morgan fingerprint density at radius 1 is 1.29 bits per heavy atom. The summed E-state index contributed by atoms with van der Waals surface area (Å²) in [7, 11) is 0. The van der Waals surface area contributed by atoms with Gasteiger partial charge < -0.3 is 0 Å². The summed E-state index contributed by atoms with van der Waals surface area (Å²) in [5, 5.41) is 12.6. The third kappa shape index (κ3) is 2.72. The molecule has 0 fully saturated rings. The van der Waals surface area contributed by atoms with E-state index in [1.54, 1.807) is 24.3 Å². The van der Waals surface area contributed by atoms with E-state index in [0.29, 0.717) is 26.8 Å². The predicted molar refractivity (Wildman–Crippen MR) is 83.7 cm³/mol. The van der Waals surface area contributed by atoms with Gasteiger partial charge in [0.15, 0.2) is 5.13 Å². The van der Waals surface area contributed by atoms with E-state index in [4.69, 9.17) is 16.9 Å². The van der Waals surface area contributed by atoms with Crippen LogP contribution in [0.1, 0.15) is 15.9 Å². The first kappa shape index (κ1) is 13.6. The number of halogens is 1. The highest BCUT2D eigenvalue weighted by Crippen LogP contribution is 2.30. The minimum Gasteiger partial charge on any atom is -0.298 e. The van der Waals surface area contributed by atoms with Crippen LogP contribution in [0.25, 0.3) is 10.2 Å². The van der Waals surface area contributed by atoms with E-state index in [1.165, 1.54) is 17.4 Å². The number of nitrogens with zero attached hydrogens (tertiary/aromatic N) is 2. The van der Waals surface area contributed by atoms with Gasteiger partial charge >= 0.3 is 0 Å². The van der Waals surface area contributed by atoms with Gasteiger partial charge in [0.25, 0.3) is 5.91 Å². The van der Waals surface area contributed by atoms with Gasteiger partial charge in [-0.15, -0.1) is 0 Å². The molecule has 0 saturated carbocycles. The van der Waals surface area contributed by atoms with Gasteiger partial charge in [-0.1, -0.05) is 35.1 Å². The molecule has 4 nitrogen and oxygen atoms in total. The van der Waals surface area contributed by atoms with Crippen molar-refractivity contribution in [2.45, 2.75) is 0 Å². The zero-order chi connectivity index (χ0) is 14.8. The molecule has 0 saturated heterocycles. The van der Waals surface area contributed by atoms with Crippen molar-refractivity contribution in [2.24, 2.45) is 0 Å². The number of fused-ring (bicyclic) bond motifs is 1. The molecule has 6 heteroatoms. The second-order valence-corrected chi connectivity index (χ2v) is 5.69. The molecule has 0 aliphatic carbocycles. The molecule has 0 atom stereocenters. The molecule has 0 aliphatic heterocycles. The fourth-order valence-electron chi connectivity index (χ4n) is 1.87. The summed E-state index contributed by atoms with van der Waals surface area (Å²) in [6.45, 7) is 0. The summed E-state index contributed by atoms with van der Waals surface area (Å²) in [5.74, 6) is -0.303. The molecule has 0 bridgehead atoms. The molecular formula is C15H8ClN3OS. The monoisotopic (exact) mass is 313 g/mol. The van der Waals surface area contributed by atoms with Crippen molar-refractivity contribution >= 4 is 44.2 Å². The lowest BCUT2D eigenvalue weighted by molar-refractivity contribution is 0.102. The number of para-hydroxylation sites is 1. The van der Waals surface area contributed by atoms with Crippen LogP contribution in [0.2, 0.25) is 5.02 Å². The van der Waals surface area contributed by atoms with Crippen molar-refractivity contribution in [1.82, 2.24) is 4.98 Å². The molecule has 1 N–H and O–H groups in total. The Bertz CT molecular complexity index is 882. The van der Waals surface area contributed by atoms with Crippen LogP contribution in [-0.4, -0.2) is 10.9 Å². The summed E-state index contributed by atoms with van der Waals surface area (Å²) in [4.78, 5) is 16.5. The molecule has 21 heavy (non-hydrogen) atoms. The van der Waals surface area contributed by atoms with E-state index in [0.717, 1.165) is 4.70 Å². The molecule has 3 rings (SSSR count). The van der Waals surface area contributed by atoms with Crippen LogP contribution in [-0.2, 0) is 0 Å². The van der Waals surface area contributed by atoms with Gasteiger partial charge in [0, 0.05) is 5.56 Å². The Morgan fingerprint density at radius 2 is 2.10 bits per heavy atom. The summed E-state index contributed by atoms with van der Waals surface area (Å²) < 4.78 is 0.906. The number of nitrogens with one attached hydrogen (secondary N) is 1. The molecule has 1 heterocycles. The molecule has 0 unspecified atom stereocenters. The van der Waals surface area contributed by atoms with Crippen LogP contribution in [0.4, 0.5) is 5.13 Å². The Kier molecular flexibility index (Phi) is 3.57. The van der Waals surface area contributed by atoms with Crippen molar-refractivity contribution in [3.63, 3.8) is 0 Å². The number of carbonyl (C=O) groups excluding carboxylic acids is 1. The molecule has 1 amide bonds. The average molecular weight is 314 g/mol. The Morgan fingerprint density at radius 3 is 2.86 bits per heavy atom. The molecular weight excluding hydrogens is 306 g/mol. The molecule has 2 aromatic carbocycles. The van der Waals surface area contributed by atoms with Gasteiger partial charge in [-0.25, -0.2) is 4.98 Å². The topological polar surface area (TPSA) is 65.8 Å². The van der Waals surface area contributed by atoms with Crippen LogP contribution in [0.3, 0.4) is 0 Å². The summed E-state index contributed by atoms with van der Waals surface area (Å²) in [6.07, 6.45) is 0. The minimum atomic E-state index is -0.303. The average Bonchev–Trinajstić information content (AvgIpc) is 2.91. The summed E-state index contributed by atoms with van der Waals surface area (Å²) in [5.41, 5.74) is 1.53. The van der Waals surface area contributed by atoms with E-state index in [1.807, 2.05) is 18.2 Å². The van der Waals surface area contributed by atoms with Gasteiger partial charge in [-0.05, 0) is 30.3 Å². The molecule has 3 aromatic rings. The maximum Gasteiger partial charge on any atom is 0.257 e. The first-order valence-electron chi connectivity index (χ1n) is 6.04. The smallest absolute Gasteiger partial charge is 0.257 e. The number of benzene rings is 2. The molecule has 1 aromatic heterocycles. The first-order chi connectivity index (χ1) is 10.2. The van der Waals surface area contributed by atoms with E-state index < -0.39 is 0 Å². The highest BCUT2D eigenvalue weighted by molar-refractivity contribution is 7.22. The van der Waals surface area contributed by atoms with Crippen molar-refractivity contribution in [3.8, 4) is 6.07 Å². The number of carbonyl (C=O) groups is 1. The molecule has 102 valence electrons. The van der Waals surface area contributed by atoms with Crippen LogP contribution in [0.15, 0.2) is 42.5 Å². The SMILES string of the molecule is N#Cc1cccc(C(=O)Nc2nc3c(Cl)cccc3s2)c1. The van der Waals surface area contributed by atoms with E-state index in [2.05, 4.69) is 10.3 Å². The number of hydrogen-bond acceptors (Lipinski definition) is 4. The summed E-state index contributed by atoms with van der Waals surface area (Å²) in [6, 6.07) is 14.0. The zero-order valence-electron chi connectivity index (χ0n) is 10.6. The maximum atomic E-state index is 12.2. The van der Waals surface area contributed by atoms with Crippen molar-refractivity contribution in [2.75, 3.05) is 5.32 Å². The fraction of sp³-hybridized carbons (Fsp3) is 0. The van der Waals surface area contributed by atoms with Gasteiger partial charge in [0.05, 0.1) is 21.4 Å². The third-order valence-electron chi connectivity index (χ3n) is 2.84. The van der Waals surface area contributed by atoms with E-state index >= 15 is 0 Å². The predicted octanol–water partition coefficient (Wildman–Crippen LogP) is 4.07. The molecule has 0 aliphatic rings. The van der Waals surface area contributed by atoms with E-state index in [9.17, 15) is 4.79 Å². The van der Waals surface area contributed by atoms with Gasteiger partial charge in [-0.2, -0.15) is 5.26 Å². The summed E-state index contributed by atoms with van der Waals surface area (Å²) >= 11 is 7.41. The van der Waals surface area contributed by atoms with E-state index in [-0.39, 0.29) is 5.91 Å². The second-order valence-electron chi connectivity index (χ2n) is 4.25. The quantitative estimate of drug-likeness (QED) is 0.775. The van der Waals surface area contributed by atoms with Crippen LogP contribution < -0.4 is 5.32 Å². The van der Waals surface area contributed by atoms with Gasteiger partial charge in [0.1, 0.15) is 5.52 Å². The van der Waals surface area contributed by atoms with Gasteiger partial charge in [0.2, 0.25) is 0 Å². The van der Waals surface area contributed by atoms with Crippen molar-refractivity contribution in [1.29, 1.82) is 5.26 Å². The highest BCUT2D eigenvalue weighted by atomic mass is 35.5. The largest absolute Gasteiger partial charge is 0.298 e. The lowest BCUT2D eigenvalue weighted by Gasteiger charge is -2.01.